The molecule has 1 aromatic heterocycles. The average molecular weight is 235 g/mol. The van der Waals surface area contributed by atoms with Gasteiger partial charge in [0.15, 0.2) is 0 Å². The number of piperazine rings is 1. The monoisotopic (exact) mass is 235 g/mol. The van der Waals surface area contributed by atoms with Crippen molar-refractivity contribution in [3.63, 3.8) is 0 Å². The average Bonchev–Trinajstić information content (AvgIpc) is 2.36. The summed E-state index contributed by atoms with van der Waals surface area (Å²) >= 11 is 0. The van der Waals surface area contributed by atoms with Crippen molar-refractivity contribution in [3.05, 3.63) is 30.1 Å². The first-order valence-electron chi connectivity index (χ1n) is 5.76. The summed E-state index contributed by atoms with van der Waals surface area (Å²) in [6.07, 6.45) is 3.44. The normalized spacial score (nSPS) is 25.1. The Balaban J connectivity index is 2.10. The molecule has 0 aromatic carbocycles. The van der Waals surface area contributed by atoms with E-state index in [0.717, 1.165) is 5.56 Å². The number of hydrogen-bond donors (Lipinski definition) is 2. The van der Waals surface area contributed by atoms with Gasteiger partial charge >= 0.3 is 0 Å². The van der Waals surface area contributed by atoms with Crippen molar-refractivity contribution < 1.29 is 9.90 Å². The molecule has 2 rings (SSSR count). The van der Waals surface area contributed by atoms with Crippen LogP contribution in [0.4, 0.5) is 0 Å². The number of aliphatic hydroxyl groups is 1. The van der Waals surface area contributed by atoms with Crippen LogP contribution < -0.4 is 5.32 Å². The SMILES string of the molecule is CC1CNC(CO)C(=O)N1Cc1ccncc1. The van der Waals surface area contributed by atoms with Crippen LogP contribution in [-0.4, -0.2) is 46.1 Å². The van der Waals surface area contributed by atoms with Gasteiger partial charge in [0.25, 0.3) is 0 Å². The smallest absolute Gasteiger partial charge is 0.242 e. The summed E-state index contributed by atoms with van der Waals surface area (Å²) in [7, 11) is 0. The topological polar surface area (TPSA) is 65.5 Å². The van der Waals surface area contributed by atoms with Crippen molar-refractivity contribution in [3.8, 4) is 0 Å². The molecule has 1 aliphatic heterocycles. The van der Waals surface area contributed by atoms with E-state index in [1.165, 1.54) is 0 Å². The summed E-state index contributed by atoms with van der Waals surface area (Å²) in [6.45, 7) is 3.13. The predicted molar refractivity (Wildman–Crippen MR) is 63.1 cm³/mol. The Morgan fingerprint density at radius 3 is 2.88 bits per heavy atom. The first-order chi connectivity index (χ1) is 8.22. The number of aromatic nitrogens is 1. The van der Waals surface area contributed by atoms with Gasteiger partial charge in [-0.3, -0.25) is 9.78 Å². The molecule has 92 valence electrons. The number of aliphatic hydroxyl groups excluding tert-OH is 1. The Morgan fingerprint density at radius 1 is 1.53 bits per heavy atom. The molecule has 2 unspecified atom stereocenters. The standard InChI is InChI=1S/C12H17N3O2/c1-9-6-14-11(8-16)12(17)15(9)7-10-2-4-13-5-3-10/h2-5,9,11,14,16H,6-8H2,1H3. The van der Waals surface area contributed by atoms with Crippen LogP contribution in [0.15, 0.2) is 24.5 Å². The first kappa shape index (κ1) is 12.0. The number of carbonyl (C=O) groups is 1. The quantitative estimate of drug-likeness (QED) is 0.759. The Bertz CT molecular complexity index is 383. The second-order valence-electron chi connectivity index (χ2n) is 4.31. The lowest BCUT2D eigenvalue weighted by Crippen LogP contribution is -2.60. The van der Waals surface area contributed by atoms with E-state index < -0.39 is 6.04 Å². The van der Waals surface area contributed by atoms with Gasteiger partial charge in [0.05, 0.1) is 6.61 Å². The van der Waals surface area contributed by atoms with E-state index in [1.54, 1.807) is 17.3 Å². The lowest BCUT2D eigenvalue weighted by atomic mass is 10.1. The largest absolute Gasteiger partial charge is 0.394 e. The van der Waals surface area contributed by atoms with Crippen molar-refractivity contribution in [2.24, 2.45) is 0 Å². The van der Waals surface area contributed by atoms with Crippen LogP contribution in [0.1, 0.15) is 12.5 Å². The van der Waals surface area contributed by atoms with E-state index >= 15 is 0 Å². The van der Waals surface area contributed by atoms with E-state index in [4.69, 9.17) is 5.11 Å². The van der Waals surface area contributed by atoms with E-state index in [0.29, 0.717) is 13.1 Å². The molecule has 2 N–H and O–H groups in total. The number of carbonyl (C=O) groups excluding carboxylic acids is 1. The number of hydrogen-bond acceptors (Lipinski definition) is 4. The minimum Gasteiger partial charge on any atom is -0.394 e. The van der Waals surface area contributed by atoms with Crippen molar-refractivity contribution >= 4 is 5.91 Å². The molecular weight excluding hydrogens is 218 g/mol. The van der Waals surface area contributed by atoms with E-state index in [2.05, 4.69) is 10.3 Å². The molecule has 5 nitrogen and oxygen atoms in total. The zero-order valence-electron chi connectivity index (χ0n) is 9.84. The van der Waals surface area contributed by atoms with Gasteiger partial charge in [-0.15, -0.1) is 0 Å². The molecule has 5 heteroatoms. The third kappa shape index (κ3) is 2.62. The zero-order chi connectivity index (χ0) is 12.3. The molecule has 1 fully saturated rings. The van der Waals surface area contributed by atoms with Crippen molar-refractivity contribution in [2.45, 2.75) is 25.6 Å². The number of rotatable bonds is 3. The van der Waals surface area contributed by atoms with E-state index in [1.807, 2.05) is 19.1 Å². The maximum atomic E-state index is 12.1. The van der Waals surface area contributed by atoms with Crippen LogP contribution in [-0.2, 0) is 11.3 Å². The Labute approximate surface area is 100 Å². The molecule has 2 atom stereocenters. The summed E-state index contributed by atoms with van der Waals surface area (Å²) in [5.41, 5.74) is 1.05. The summed E-state index contributed by atoms with van der Waals surface area (Å²) in [6, 6.07) is 3.47. The Hall–Kier alpha value is -1.46. The summed E-state index contributed by atoms with van der Waals surface area (Å²) < 4.78 is 0. The number of nitrogens with zero attached hydrogens (tertiary/aromatic N) is 2. The van der Waals surface area contributed by atoms with Gasteiger partial charge < -0.3 is 15.3 Å². The van der Waals surface area contributed by atoms with Gasteiger partial charge in [-0.25, -0.2) is 0 Å². The fraction of sp³-hybridized carbons (Fsp3) is 0.500. The van der Waals surface area contributed by atoms with Gasteiger partial charge in [-0.1, -0.05) is 0 Å². The second-order valence-corrected chi connectivity index (χ2v) is 4.31. The van der Waals surface area contributed by atoms with Crippen molar-refractivity contribution in [1.82, 2.24) is 15.2 Å². The van der Waals surface area contributed by atoms with Gasteiger partial charge in [0.1, 0.15) is 6.04 Å². The molecule has 1 aromatic rings. The highest BCUT2D eigenvalue weighted by atomic mass is 16.3. The van der Waals surface area contributed by atoms with Gasteiger partial charge in [0.2, 0.25) is 5.91 Å². The maximum Gasteiger partial charge on any atom is 0.242 e. The number of amides is 1. The maximum absolute atomic E-state index is 12.1. The molecule has 2 heterocycles. The Morgan fingerprint density at radius 2 is 2.24 bits per heavy atom. The molecule has 0 saturated carbocycles. The molecular formula is C12H17N3O2. The van der Waals surface area contributed by atoms with Crippen LogP contribution in [0.5, 0.6) is 0 Å². The fourth-order valence-electron chi connectivity index (χ4n) is 1.99. The summed E-state index contributed by atoms with van der Waals surface area (Å²) in [5.74, 6) is -0.0388. The van der Waals surface area contributed by atoms with Crippen LogP contribution in [0.25, 0.3) is 0 Å². The predicted octanol–water partition coefficient (Wildman–Crippen LogP) is -0.237. The van der Waals surface area contributed by atoms with Crippen molar-refractivity contribution in [1.29, 1.82) is 0 Å². The third-order valence-corrected chi connectivity index (χ3v) is 3.06. The number of pyridine rings is 1. The zero-order valence-corrected chi connectivity index (χ0v) is 9.84. The lowest BCUT2D eigenvalue weighted by Gasteiger charge is -2.37. The second kappa shape index (κ2) is 5.25. The Kier molecular flexibility index (Phi) is 3.71. The summed E-state index contributed by atoms with van der Waals surface area (Å²) in [4.78, 5) is 17.8. The molecule has 1 amide bonds. The highest BCUT2D eigenvalue weighted by Crippen LogP contribution is 2.13. The van der Waals surface area contributed by atoms with Crippen LogP contribution in [0.3, 0.4) is 0 Å². The minimum absolute atomic E-state index is 0.0388. The lowest BCUT2D eigenvalue weighted by molar-refractivity contribution is -0.140. The van der Waals surface area contributed by atoms with E-state index in [-0.39, 0.29) is 18.6 Å². The molecule has 1 aliphatic rings. The molecule has 0 spiro atoms. The molecule has 0 radical (unpaired) electrons. The van der Waals surface area contributed by atoms with Crippen LogP contribution >= 0.6 is 0 Å². The van der Waals surface area contributed by atoms with Crippen LogP contribution in [0.2, 0.25) is 0 Å². The van der Waals surface area contributed by atoms with Crippen molar-refractivity contribution in [2.75, 3.05) is 13.2 Å². The molecule has 0 aliphatic carbocycles. The molecule has 1 saturated heterocycles. The van der Waals surface area contributed by atoms with E-state index in [9.17, 15) is 4.79 Å². The van der Waals surface area contributed by atoms with Gasteiger partial charge in [0, 0.05) is 31.5 Å². The highest BCUT2D eigenvalue weighted by molar-refractivity contribution is 5.83. The minimum atomic E-state index is -0.465. The first-order valence-corrected chi connectivity index (χ1v) is 5.76. The summed E-state index contributed by atoms with van der Waals surface area (Å²) in [5, 5.41) is 12.1. The highest BCUT2D eigenvalue weighted by Gasteiger charge is 2.31. The van der Waals surface area contributed by atoms with Gasteiger partial charge in [-0.05, 0) is 24.6 Å². The molecule has 17 heavy (non-hydrogen) atoms. The fourth-order valence-corrected chi connectivity index (χ4v) is 1.99. The van der Waals surface area contributed by atoms with Crippen LogP contribution in [0, 0.1) is 0 Å². The van der Waals surface area contributed by atoms with Gasteiger partial charge in [-0.2, -0.15) is 0 Å². The third-order valence-electron chi connectivity index (χ3n) is 3.06. The molecule has 0 bridgehead atoms. The number of nitrogens with one attached hydrogen (secondary N) is 1.